The molecule has 0 aliphatic carbocycles. The van der Waals surface area contributed by atoms with Gasteiger partial charge in [0.25, 0.3) is 0 Å². The second-order valence-corrected chi connectivity index (χ2v) is 5.22. The number of carbonyl (C=O) groups is 1. The molecule has 20 heavy (non-hydrogen) atoms. The van der Waals surface area contributed by atoms with Crippen LogP contribution in [0.25, 0.3) is 5.65 Å². The Hall–Kier alpha value is -1.88. The van der Waals surface area contributed by atoms with Crippen LogP contribution in [0.3, 0.4) is 0 Å². The first-order valence-electron chi connectivity index (χ1n) is 7.00. The molecule has 0 N–H and O–H groups in total. The van der Waals surface area contributed by atoms with Gasteiger partial charge in [-0.3, -0.25) is 0 Å². The number of methoxy groups -OCH3 is 1. The van der Waals surface area contributed by atoms with Crippen LogP contribution in [-0.2, 0) is 4.74 Å². The fourth-order valence-corrected chi connectivity index (χ4v) is 2.81. The summed E-state index contributed by atoms with van der Waals surface area (Å²) >= 11 is 0. The van der Waals surface area contributed by atoms with Gasteiger partial charge in [-0.25, -0.2) is 9.78 Å². The summed E-state index contributed by atoms with van der Waals surface area (Å²) in [7, 11) is 1.39. The lowest BCUT2D eigenvalue weighted by molar-refractivity contribution is 0.0600. The molecule has 1 unspecified atom stereocenters. The van der Waals surface area contributed by atoms with Gasteiger partial charge in [0.1, 0.15) is 5.65 Å². The highest BCUT2D eigenvalue weighted by Crippen LogP contribution is 2.26. The Bertz CT molecular complexity index is 635. The standard InChI is InChI=1S/C15H19N3O2/c1-3-17-7-6-11(8-17)13-10-18-9-12(15(19)20-2)4-5-14(18)16-13/h4-5,9-11H,3,6-8H2,1-2H3. The van der Waals surface area contributed by atoms with Crippen LogP contribution in [0.5, 0.6) is 0 Å². The molecule has 3 rings (SSSR count). The van der Waals surface area contributed by atoms with Crippen LogP contribution in [0, 0.1) is 0 Å². The van der Waals surface area contributed by atoms with Gasteiger partial charge >= 0.3 is 5.97 Å². The summed E-state index contributed by atoms with van der Waals surface area (Å²) in [5, 5.41) is 0. The Morgan fingerprint density at radius 3 is 3.00 bits per heavy atom. The van der Waals surface area contributed by atoms with E-state index in [2.05, 4.69) is 16.8 Å². The first-order valence-corrected chi connectivity index (χ1v) is 7.00. The van der Waals surface area contributed by atoms with Crippen LogP contribution in [-0.4, -0.2) is 47.0 Å². The zero-order chi connectivity index (χ0) is 14.1. The van der Waals surface area contributed by atoms with E-state index in [9.17, 15) is 4.79 Å². The molecule has 5 heteroatoms. The molecule has 1 aliphatic rings. The molecular weight excluding hydrogens is 254 g/mol. The van der Waals surface area contributed by atoms with Crippen molar-refractivity contribution in [2.24, 2.45) is 0 Å². The molecule has 1 aliphatic heterocycles. The van der Waals surface area contributed by atoms with E-state index < -0.39 is 0 Å². The minimum Gasteiger partial charge on any atom is -0.465 e. The van der Waals surface area contributed by atoms with Gasteiger partial charge in [-0.1, -0.05) is 6.92 Å². The number of fused-ring (bicyclic) bond motifs is 1. The van der Waals surface area contributed by atoms with Crippen LogP contribution in [0.1, 0.15) is 35.3 Å². The molecule has 1 saturated heterocycles. The molecule has 2 aromatic rings. The molecule has 5 nitrogen and oxygen atoms in total. The maximum Gasteiger partial charge on any atom is 0.339 e. The maximum absolute atomic E-state index is 11.5. The van der Waals surface area contributed by atoms with E-state index in [-0.39, 0.29) is 5.97 Å². The predicted octanol–water partition coefficient (Wildman–Crippen LogP) is 1.93. The van der Waals surface area contributed by atoms with Crippen LogP contribution in [0.2, 0.25) is 0 Å². The topological polar surface area (TPSA) is 46.8 Å². The van der Waals surface area contributed by atoms with E-state index in [1.54, 1.807) is 12.3 Å². The van der Waals surface area contributed by atoms with Gasteiger partial charge in [0.05, 0.1) is 18.4 Å². The summed E-state index contributed by atoms with van der Waals surface area (Å²) in [6.07, 6.45) is 4.97. The Kier molecular flexibility index (Phi) is 3.44. The third-order valence-electron chi connectivity index (χ3n) is 4.03. The zero-order valence-electron chi connectivity index (χ0n) is 11.9. The van der Waals surface area contributed by atoms with E-state index in [1.165, 1.54) is 7.11 Å². The summed E-state index contributed by atoms with van der Waals surface area (Å²) in [4.78, 5) is 18.7. The molecule has 1 atom stereocenters. The van der Waals surface area contributed by atoms with Crippen LogP contribution in [0.15, 0.2) is 24.5 Å². The third-order valence-corrected chi connectivity index (χ3v) is 4.03. The van der Waals surface area contributed by atoms with Crippen LogP contribution in [0.4, 0.5) is 0 Å². The number of rotatable bonds is 3. The maximum atomic E-state index is 11.5. The lowest BCUT2D eigenvalue weighted by atomic mass is 10.1. The van der Waals surface area contributed by atoms with E-state index in [0.29, 0.717) is 11.5 Å². The van der Waals surface area contributed by atoms with E-state index in [1.807, 2.05) is 16.7 Å². The predicted molar refractivity (Wildman–Crippen MR) is 76.0 cm³/mol. The highest BCUT2D eigenvalue weighted by Gasteiger charge is 2.24. The summed E-state index contributed by atoms with van der Waals surface area (Å²) in [5.74, 6) is 0.177. The number of hydrogen-bond acceptors (Lipinski definition) is 4. The first-order chi connectivity index (χ1) is 9.71. The highest BCUT2D eigenvalue weighted by atomic mass is 16.5. The Labute approximate surface area is 118 Å². The highest BCUT2D eigenvalue weighted by molar-refractivity contribution is 5.89. The van der Waals surface area contributed by atoms with Crippen molar-refractivity contribution in [1.82, 2.24) is 14.3 Å². The molecule has 3 heterocycles. The van der Waals surface area contributed by atoms with Crippen molar-refractivity contribution in [2.75, 3.05) is 26.7 Å². The number of nitrogens with zero attached hydrogens (tertiary/aromatic N) is 3. The third kappa shape index (κ3) is 2.29. The number of hydrogen-bond donors (Lipinski definition) is 0. The number of esters is 1. The number of ether oxygens (including phenoxy) is 1. The lowest BCUT2D eigenvalue weighted by Gasteiger charge is -2.11. The Morgan fingerprint density at radius 1 is 1.45 bits per heavy atom. The molecule has 106 valence electrons. The average molecular weight is 273 g/mol. The smallest absolute Gasteiger partial charge is 0.339 e. The van der Waals surface area contributed by atoms with Crippen molar-refractivity contribution >= 4 is 11.6 Å². The monoisotopic (exact) mass is 273 g/mol. The molecule has 2 aromatic heterocycles. The van der Waals surface area contributed by atoms with Crippen molar-refractivity contribution in [1.29, 1.82) is 0 Å². The van der Waals surface area contributed by atoms with Gasteiger partial charge in [0, 0.05) is 24.9 Å². The van der Waals surface area contributed by atoms with Gasteiger partial charge < -0.3 is 14.0 Å². The van der Waals surface area contributed by atoms with Gasteiger partial charge in [-0.2, -0.15) is 0 Å². The van der Waals surface area contributed by atoms with Crippen molar-refractivity contribution in [3.63, 3.8) is 0 Å². The number of carbonyl (C=O) groups excluding carboxylic acids is 1. The SMILES string of the molecule is CCN1CCC(c2cn3cc(C(=O)OC)ccc3n2)C1. The van der Waals surface area contributed by atoms with Crippen molar-refractivity contribution in [2.45, 2.75) is 19.3 Å². The fraction of sp³-hybridized carbons (Fsp3) is 0.467. The largest absolute Gasteiger partial charge is 0.465 e. The second kappa shape index (κ2) is 5.25. The minimum absolute atomic E-state index is 0.319. The molecule has 0 saturated carbocycles. The molecule has 0 bridgehead atoms. The van der Waals surface area contributed by atoms with Crippen LogP contribution < -0.4 is 0 Å². The van der Waals surface area contributed by atoms with E-state index >= 15 is 0 Å². The number of imidazole rings is 1. The number of likely N-dealkylation sites (tertiary alicyclic amines) is 1. The molecule has 0 radical (unpaired) electrons. The summed E-state index contributed by atoms with van der Waals surface area (Å²) in [6, 6.07) is 3.62. The zero-order valence-corrected chi connectivity index (χ0v) is 11.9. The van der Waals surface area contributed by atoms with E-state index in [4.69, 9.17) is 4.74 Å². The lowest BCUT2D eigenvalue weighted by Crippen LogP contribution is -2.19. The molecule has 0 spiro atoms. The normalized spacial score (nSPS) is 19.6. The van der Waals surface area contributed by atoms with Gasteiger partial charge in [-0.05, 0) is 31.6 Å². The summed E-state index contributed by atoms with van der Waals surface area (Å²) in [5.41, 5.74) is 2.54. The van der Waals surface area contributed by atoms with Gasteiger partial charge in [0.2, 0.25) is 0 Å². The van der Waals surface area contributed by atoms with Gasteiger partial charge in [-0.15, -0.1) is 0 Å². The minimum atomic E-state index is -0.319. The van der Waals surface area contributed by atoms with Crippen molar-refractivity contribution in [3.8, 4) is 0 Å². The molecule has 0 amide bonds. The quantitative estimate of drug-likeness (QED) is 0.802. The number of pyridine rings is 1. The van der Waals surface area contributed by atoms with Crippen LogP contribution >= 0.6 is 0 Å². The Balaban J connectivity index is 1.89. The molecule has 1 fully saturated rings. The molecule has 0 aromatic carbocycles. The second-order valence-electron chi connectivity index (χ2n) is 5.22. The van der Waals surface area contributed by atoms with Gasteiger partial charge in [0.15, 0.2) is 0 Å². The summed E-state index contributed by atoms with van der Waals surface area (Å²) in [6.45, 7) is 5.50. The van der Waals surface area contributed by atoms with E-state index in [0.717, 1.165) is 37.4 Å². The number of likely N-dealkylation sites (N-methyl/N-ethyl adjacent to an activating group) is 1. The van der Waals surface area contributed by atoms with Crippen molar-refractivity contribution in [3.05, 3.63) is 35.8 Å². The Morgan fingerprint density at radius 2 is 2.30 bits per heavy atom. The molecular formula is C15H19N3O2. The first kappa shape index (κ1) is 13.1. The summed E-state index contributed by atoms with van der Waals surface area (Å²) < 4.78 is 6.65. The van der Waals surface area contributed by atoms with Crippen molar-refractivity contribution < 1.29 is 9.53 Å². The number of aromatic nitrogens is 2. The average Bonchev–Trinajstić information content (AvgIpc) is 3.11. The fourth-order valence-electron chi connectivity index (χ4n) is 2.81.